The molecule has 3 aromatic rings. The van der Waals surface area contributed by atoms with Gasteiger partial charge in [0, 0.05) is 19.4 Å². The van der Waals surface area contributed by atoms with E-state index in [2.05, 4.69) is 14.8 Å². The zero-order valence-corrected chi connectivity index (χ0v) is 13.6. The molecule has 0 amide bonds. The Hall–Kier alpha value is -2.58. The lowest BCUT2D eigenvalue weighted by atomic mass is 10.0. The minimum absolute atomic E-state index is 0.0299. The maximum absolute atomic E-state index is 13.6. The Bertz CT molecular complexity index is 941. The smallest absolute Gasteiger partial charge is 0.244 e. The van der Waals surface area contributed by atoms with Crippen LogP contribution in [0.4, 0.5) is 4.39 Å². The third-order valence-corrected chi connectivity index (χ3v) is 4.81. The van der Waals surface area contributed by atoms with Crippen molar-refractivity contribution >= 4 is 10.0 Å². The molecule has 0 aliphatic carbocycles. The molecule has 1 N–H and O–H groups in total. The number of nitrogens with zero attached hydrogens (tertiary/aromatic N) is 3. The van der Waals surface area contributed by atoms with E-state index in [-0.39, 0.29) is 4.90 Å². The third-order valence-electron chi connectivity index (χ3n) is 3.43. The third kappa shape index (κ3) is 3.50. The molecule has 1 atom stereocenters. The van der Waals surface area contributed by atoms with Gasteiger partial charge in [0.1, 0.15) is 10.7 Å². The van der Waals surface area contributed by atoms with Crippen LogP contribution >= 0.6 is 0 Å². The zero-order chi connectivity index (χ0) is 17.2. The highest BCUT2D eigenvalue weighted by molar-refractivity contribution is 7.89. The summed E-state index contributed by atoms with van der Waals surface area (Å²) in [5.74, 6) is -0.450. The molecule has 0 aliphatic heterocycles. The Morgan fingerprint density at radius 2 is 2.04 bits per heavy atom. The number of hydrogen-bond donors (Lipinski definition) is 1. The molecule has 0 spiro atoms. The SMILES string of the molecule is Cn1cc(S(=O)(=O)N[C@@H](c2cccc(F)c2)c2ccccn2)cn1. The van der Waals surface area contributed by atoms with Crippen LogP contribution in [0.15, 0.2) is 66.0 Å². The quantitative estimate of drug-likeness (QED) is 0.767. The van der Waals surface area contributed by atoms with Crippen molar-refractivity contribution in [1.82, 2.24) is 19.5 Å². The molecule has 0 fully saturated rings. The Kier molecular flexibility index (Phi) is 4.41. The van der Waals surface area contributed by atoms with Crippen molar-refractivity contribution in [1.29, 1.82) is 0 Å². The van der Waals surface area contributed by atoms with Gasteiger partial charge < -0.3 is 0 Å². The number of sulfonamides is 1. The number of halogens is 1. The van der Waals surface area contributed by atoms with E-state index in [9.17, 15) is 12.8 Å². The van der Waals surface area contributed by atoms with Crippen molar-refractivity contribution in [3.8, 4) is 0 Å². The molecule has 2 aromatic heterocycles. The van der Waals surface area contributed by atoms with Gasteiger partial charge in [-0.25, -0.2) is 12.8 Å². The summed E-state index contributed by atoms with van der Waals surface area (Å²) in [4.78, 5) is 4.23. The first-order valence-electron chi connectivity index (χ1n) is 7.13. The topological polar surface area (TPSA) is 76.9 Å². The molecule has 0 unspecified atom stereocenters. The monoisotopic (exact) mass is 346 g/mol. The summed E-state index contributed by atoms with van der Waals surface area (Å²) in [6, 6.07) is 10.1. The van der Waals surface area contributed by atoms with E-state index in [1.165, 1.54) is 35.3 Å². The zero-order valence-electron chi connectivity index (χ0n) is 12.8. The average Bonchev–Trinajstić information content (AvgIpc) is 3.01. The van der Waals surface area contributed by atoms with Gasteiger partial charge in [0.15, 0.2) is 0 Å². The normalized spacial score (nSPS) is 12.9. The first-order valence-corrected chi connectivity index (χ1v) is 8.61. The van der Waals surface area contributed by atoms with Gasteiger partial charge in [0.05, 0.1) is 17.9 Å². The number of hydrogen-bond acceptors (Lipinski definition) is 4. The molecule has 2 heterocycles. The second-order valence-electron chi connectivity index (χ2n) is 5.21. The molecule has 0 radical (unpaired) electrons. The van der Waals surface area contributed by atoms with Gasteiger partial charge in [-0.05, 0) is 29.8 Å². The van der Waals surface area contributed by atoms with Crippen LogP contribution in [0.25, 0.3) is 0 Å². The van der Waals surface area contributed by atoms with Gasteiger partial charge in [0.25, 0.3) is 0 Å². The highest BCUT2D eigenvalue weighted by Crippen LogP contribution is 2.23. The van der Waals surface area contributed by atoms with E-state index in [0.29, 0.717) is 11.3 Å². The van der Waals surface area contributed by atoms with E-state index in [4.69, 9.17) is 0 Å². The lowest BCUT2D eigenvalue weighted by Crippen LogP contribution is -2.30. The van der Waals surface area contributed by atoms with Crippen LogP contribution in [0.2, 0.25) is 0 Å². The molecule has 0 saturated carbocycles. The molecule has 0 bridgehead atoms. The predicted octanol–water partition coefficient (Wildman–Crippen LogP) is 2.02. The van der Waals surface area contributed by atoms with Crippen LogP contribution in [0.3, 0.4) is 0 Å². The molecule has 0 aliphatic rings. The Labute approximate surface area is 139 Å². The highest BCUT2D eigenvalue weighted by atomic mass is 32.2. The fourth-order valence-electron chi connectivity index (χ4n) is 2.29. The van der Waals surface area contributed by atoms with Gasteiger partial charge in [-0.15, -0.1) is 0 Å². The van der Waals surface area contributed by atoms with Gasteiger partial charge >= 0.3 is 0 Å². The largest absolute Gasteiger partial charge is 0.274 e. The Morgan fingerprint density at radius 3 is 2.67 bits per heavy atom. The van der Waals surface area contributed by atoms with Crippen molar-refractivity contribution in [2.24, 2.45) is 7.05 Å². The summed E-state index contributed by atoms with van der Waals surface area (Å²) in [6.45, 7) is 0. The molecule has 6 nitrogen and oxygen atoms in total. The van der Waals surface area contributed by atoms with Crippen molar-refractivity contribution in [3.63, 3.8) is 0 Å². The standard InChI is InChI=1S/C16H15FN4O2S/c1-21-11-14(10-19-21)24(22,23)20-16(15-7-2-3-8-18-15)12-5-4-6-13(17)9-12/h2-11,16,20H,1H3/t16-/m0/s1. The van der Waals surface area contributed by atoms with E-state index >= 15 is 0 Å². The van der Waals surface area contributed by atoms with Crippen molar-refractivity contribution in [3.05, 3.63) is 78.1 Å². The second kappa shape index (κ2) is 6.50. The molecule has 24 heavy (non-hydrogen) atoms. The summed E-state index contributed by atoms with van der Waals surface area (Å²) in [6.07, 6.45) is 4.20. The van der Waals surface area contributed by atoms with E-state index in [1.54, 1.807) is 37.5 Å². The second-order valence-corrected chi connectivity index (χ2v) is 6.93. The fourth-order valence-corrected chi connectivity index (χ4v) is 3.47. The minimum atomic E-state index is -3.84. The Morgan fingerprint density at radius 1 is 1.21 bits per heavy atom. The molecule has 0 saturated heterocycles. The summed E-state index contributed by atoms with van der Waals surface area (Å²) < 4.78 is 42.8. The van der Waals surface area contributed by atoms with E-state index < -0.39 is 21.9 Å². The van der Waals surface area contributed by atoms with Gasteiger partial charge in [-0.1, -0.05) is 18.2 Å². The lowest BCUT2D eigenvalue weighted by Gasteiger charge is -2.18. The number of rotatable bonds is 5. The van der Waals surface area contributed by atoms with E-state index in [0.717, 1.165) is 0 Å². The summed E-state index contributed by atoms with van der Waals surface area (Å²) in [7, 11) is -2.22. The van der Waals surface area contributed by atoms with Crippen LogP contribution in [-0.2, 0) is 17.1 Å². The predicted molar refractivity (Wildman–Crippen MR) is 86.0 cm³/mol. The first kappa shape index (κ1) is 16.3. The molecular weight excluding hydrogens is 331 g/mol. The summed E-state index contributed by atoms with van der Waals surface area (Å²) >= 11 is 0. The van der Waals surface area contributed by atoms with Gasteiger partial charge in [0.2, 0.25) is 10.0 Å². The van der Waals surface area contributed by atoms with E-state index in [1.807, 2.05) is 0 Å². The number of nitrogens with one attached hydrogen (secondary N) is 1. The van der Waals surface area contributed by atoms with Gasteiger partial charge in [-0.3, -0.25) is 9.67 Å². The van der Waals surface area contributed by atoms with Crippen molar-refractivity contribution < 1.29 is 12.8 Å². The van der Waals surface area contributed by atoms with Crippen molar-refractivity contribution in [2.75, 3.05) is 0 Å². The van der Waals surface area contributed by atoms with Crippen molar-refractivity contribution in [2.45, 2.75) is 10.9 Å². The van der Waals surface area contributed by atoms with Crippen LogP contribution < -0.4 is 4.72 Å². The highest BCUT2D eigenvalue weighted by Gasteiger charge is 2.25. The number of aromatic nitrogens is 3. The first-order chi connectivity index (χ1) is 11.5. The maximum atomic E-state index is 13.6. The minimum Gasteiger partial charge on any atom is -0.274 e. The maximum Gasteiger partial charge on any atom is 0.244 e. The van der Waals surface area contributed by atoms with Crippen LogP contribution in [0.1, 0.15) is 17.3 Å². The number of benzene rings is 1. The van der Waals surface area contributed by atoms with Crippen LogP contribution in [0, 0.1) is 5.82 Å². The summed E-state index contributed by atoms with van der Waals surface area (Å²) in [5.41, 5.74) is 0.928. The number of aryl methyl sites for hydroxylation is 1. The number of pyridine rings is 1. The lowest BCUT2D eigenvalue weighted by molar-refractivity contribution is 0.568. The van der Waals surface area contributed by atoms with Gasteiger partial charge in [-0.2, -0.15) is 9.82 Å². The summed E-state index contributed by atoms with van der Waals surface area (Å²) in [5, 5.41) is 3.87. The Balaban J connectivity index is 2.03. The average molecular weight is 346 g/mol. The molecule has 8 heteroatoms. The van der Waals surface area contributed by atoms with Crippen LogP contribution in [0.5, 0.6) is 0 Å². The fraction of sp³-hybridized carbons (Fsp3) is 0.125. The molecule has 124 valence electrons. The van der Waals surface area contributed by atoms with Crippen LogP contribution in [-0.4, -0.2) is 23.2 Å². The molecular formula is C16H15FN4O2S. The molecule has 3 rings (SSSR count). The molecule has 1 aromatic carbocycles.